The molecule has 150 valence electrons. The number of hydrogen-bond donors (Lipinski definition) is 1. The van der Waals surface area contributed by atoms with Crippen molar-refractivity contribution in [1.82, 2.24) is 0 Å². The van der Waals surface area contributed by atoms with Gasteiger partial charge in [0.05, 0.1) is 17.4 Å². The number of imide groups is 1. The zero-order valence-corrected chi connectivity index (χ0v) is 16.3. The Kier molecular flexibility index (Phi) is 4.29. The highest BCUT2D eigenvalue weighted by Crippen LogP contribution is 2.49. The Morgan fingerprint density at radius 2 is 1.50 bits per heavy atom. The quantitative estimate of drug-likeness (QED) is 0.678. The van der Waals surface area contributed by atoms with Gasteiger partial charge in [-0.3, -0.25) is 14.4 Å². The second-order valence-corrected chi connectivity index (χ2v) is 7.52. The van der Waals surface area contributed by atoms with E-state index in [1.54, 1.807) is 41.5 Å². The van der Waals surface area contributed by atoms with Crippen molar-refractivity contribution in [2.75, 3.05) is 9.96 Å². The Morgan fingerprint density at radius 3 is 2.23 bits per heavy atom. The molecule has 2 fully saturated rings. The fourth-order valence-corrected chi connectivity index (χ4v) is 4.32. The third kappa shape index (κ3) is 2.69. The van der Waals surface area contributed by atoms with Crippen LogP contribution in [-0.2, 0) is 14.4 Å². The standard InChI is InChI=1S/C24H20N2O4/c1-15-9-5-7-13-18(15)25-23(28)20-21(17-12-6-8-14-19(17)27)26(30-22(20)24(25)29)16-10-3-2-4-11-16/h2-14,20-22,27H,1H3. The third-order valence-electron chi connectivity index (χ3n) is 5.74. The number of hydrogen-bond acceptors (Lipinski definition) is 5. The number of amides is 2. The minimum atomic E-state index is -0.957. The average molecular weight is 400 g/mol. The number of carbonyl (C=O) groups is 2. The summed E-state index contributed by atoms with van der Waals surface area (Å²) < 4.78 is 0. The highest BCUT2D eigenvalue weighted by Gasteiger charge is 2.60. The molecule has 30 heavy (non-hydrogen) atoms. The van der Waals surface area contributed by atoms with Crippen LogP contribution in [0.25, 0.3) is 0 Å². The first kappa shape index (κ1) is 18.4. The minimum absolute atomic E-state index is 0.0577. The molecule has 3 aromatic rings. The molecule has 3 atom stereocenters. The maximum atomic E-state index is 13.5. The second-order valence-electron chi connectivity index (χ2n) is 7.52. The lowest BCUT2D eigenvalue weighted by atomic mass is 9.90. The molecule has 0 bridgehead atoms. The van der Waals surface area contributed by atoms with E-state index in [0.717, 1.165) is 5.56 Å². The normalized spacial score (nSPS) is 23.2. The van der Waals surface area contributed by atoms with Gasteiger partial charge in [0.25, 0.3) is 5.91 Å². The minimum Gasteiger partial charge on any atom is -0.508 e. The summed E-state index contributed by atoms with van der Waals surface area (Å²) in [5.41, 5.74) is 2.65. The van der Waals surface area contributed by atoms with Crippen LogP contribution in [-0.4, -0.2) is 23.0 Å². The van der Waals surface area contributed by atoms with Crippen LogP contribution in [0.5, 0.6) is 5.75 Å². The van der Waals surface area contributed by atoms with Gasteiger partial charge < -0.3 is 5.11 Å². The van der Waals surface area contributed by atoms with Gasteiger partial charge in [0.15, 0.2) is 6.10 Å². The Balaban J connectivity index is 1.62. The van der Waals surface area contributed by atoms with Crippen molar-refractivity contribution in [3.8, 4) is 5.75 Å². The number of para-hydroxylation sites is 3. The first-order valence-electron chi connectivity index (χ1n) is 9.80. The molecule has 2 aliphatic heterocycles. The summed E-state index contributed by atoms with van der Waals surface area (Å²) in [5, 5.41) is 12.1. The molecule has 3 unspecified atom stereocenters. The molecular formula is C24H20N2O4. The third-order valence-corrected chi connectivity index (χ3v) is 5.74. The number of benzene rings is 3. The Morgan fingerprint density at radius 1 is 0.833 bits per heavy atom. The zero-order chi connectivity index (χ0) is 20.8. The first-order valence-corrected chi connectivity index (χ1v) is 9.80. The molecule has 0 spiro atoms. The van der Waals surface area contributed by atoms with Crippen LogP contribution >= 0.6 is 0 Å². The van der Waals surface area contributed by atoms with Gasteiger partial charge in [-0.25, -0.2) is 9.96 Å². The Labute approximate surface area is 173 Å². The zero-order valence-electron chi connectivity index (χ0n) is 16.3. The van der Waals surface area contributed by atoms with Gasteiger partial charge in [0.1, 0.15) is 11.7 Å². The van der Waals surface area contributed by atoms with Gasteiger partial charge in [-0.15, -0.1) is 0 Å². The lowest BCUT2D eigenvalue weighted by molar-refractivity contribution is -0.126. The molecule has 2 saturated heterocycles. The molecule has 2 amide bonds. The topological polar surface area (TPSA) is 70.1 Å². The predicted octanol–water partition coefficient (Wildman–Crippen LogP) is 3.75. The van der Waals surface area contributed by atoms with E-state index in [2.05, 4.69) is 0 Å². The van der Waals surface area contributed by atoms with Gasteiger partial charge in [-0.05, 0) is 36.8 Å². The molecule has 6 heteroatoms. The second kappa shape index (κ2) is 7.00. The van der Waals surface area contributed by atoms with E-state index in [-0.39, 0.29) is 11.7 Å². The molecule has 3 aromatic carbocycles. The number of hydroxylamine groups is 1. The molecule has 0 aromatic heterocycles. The molecule has 0 aliphatic carbocycles. The Bertz CT molecular complexity index is 1130. The highest BCUT2D eigenvalue weighted by atomic mass is 16.7. The van der Waals surface area contributed by atoms with E-state index in [9.17, 15) is 14.7 Å². The van der Waals surface area contributed by atoms with Crippen LogP contribution in [0.4, 0.5) is 11.4 Å². The molecule has 0 saturated carbocycles. The summed E-state index contributed by atoms with van der Waals surface area (Å²) in [6.07, 6.45) is -0.957. The number of nitrogens with zero attached hydrogens (tertiary/aromatic N) is 2. The summed E-state index contributed by atoms with van der Waals surface area (Å²) >= 11 is 0. The lowest BCUT2D eigenvalue weighted by Crippen LogP contribution is -2.37. The van der Waals surface area contributed by atoms with E-state index in [0.29, 0.717) is 16.9 Å². The Hall–Kier alpha value is -3.64. The SMILES string of the molecule is Cc1ccccc1N1C(=O)C2ON(c3ccccc3)C(c3ccccc3O)C2C1=O. The van der Waals surface area contributed by atoms with E-state index in [4.69, 9.17) is 4.84 Å². The summed E-state index contributed by atoms with van der Waals surface area (Å²) in [6.45, 7) is 1.86. The lowest BCUT2D eigenvalue weighted by Gasteiger charge is -2.29. The van der Waals surface area contributed by atoms with E-state index >= 15 is 0 Å². The number of phenols is 1. The number of fused-ring (bicyclic) bond motifs is 1. The number of carbonyl (C=O) groups excluding carboxylic acids is 2. The van der Waals surface area contributed by atoms with E-state index in [1.165, 1.54) is 4.90 Å². The van der Waals surface area contributed by atoms with Crippen LogP contribution < -0.4 is 9.96 Å². The highest BCUT2D eigenvalue weighted by molar-refractivity contribution is 6.24. The summed E-state index contributed by atoms with van der Waals surface area (Å²) in [6, 6.07) is 22.8. The van der Waals surface area contributed by atoms with Gasteiger partial charge in [-0.1, -0.05) is 54.6 Å². The first-order chi connectivity index (χ1) is 14.6. The fraction of sp³-hybridized carbons (Fsp3) is 0.167. The summed E-state index contributed by atoms with van der Waals surface area (Å²) in [5.74, 6) is -1.43. The van der Waals surface area contributed by atoms with Gasteiger partial charge >= 0.3 is 0 Å². The number of phenolic OH excluding ortho intramolecular Hbond substituents is 1. The van der Waals surface area contributed by atoms with Crippen molar-refractivity contribution in [2.45, 2.75) is 19.1 Å². The number of aryl methyl sites for hydroxylation is 1. The smallest absolute Gasteiger partial charge is 0.266 e. The molecule has 6 nitrogen and oxygen atoms in total. The molecule has 5 rings (SSSR count). The van der Waals surface area contributed by atoms with Crippen molar-refractivity contribution >= 4 is 23.2 Å². The fourth-order valence-electron chi connectivity index (χ4n) is 4.32. The van der Waals surface area contributed by atoms with E-state index < -0.39 is 24.0 Å². The summed E-state index contributed by atoms with van der Waals surface area (Å²) in [7, 11) is 0. The molecule has 2 heterocycles. The predicted molar refractivity (Wildman–Crippen MR) is 112 cm³/mol. The van der Waals surface area contributed by atoms with Crippen molar-refractivity contribution in [3.05, 3.63) is 90.0 Å². The molecular weight excluding hydrogens is 380 g/mol. The number of anilines is 2. The van der Waals surface area contributed by atoms with Gasteiger partial charge in [0, 0.05) is 5.56 Å². The average Bonchev–Trinajstić information content (AvgIpc) is 3.26. The van der Waals surface area contributed by atoms with Crippen molar-refractivity contribution in [3.63, 3.8) is 0 Å². The van der Waals surface area contributed by atoms with Crippen molar-refractivity contribution in [2.24, 2.45) is 5.92 Å². The van der Waals surface area contributed by atoms with Crippen molar-refractivity contribution in [1.29, 1.82) is 0 Å². The largest absolute Gasteiger partial charge is 0.508 e. The van der Waals surface area contributed by atoms with Crippen LogP contribution in [0, 0.1) is 12.8 Å². The monoisotopic (exact) mass is 400 g/mol. The molecule has 1 N–H and O–H groups in total. The van der Waals surface area contributed by atoms with Crippen molar-refractivity contribution < 1.29 is 19.5 Å². The number of aromatic hydroxyl groups is 1. The maximum Gasteiger partial charge on any atom is 0.266 e. The van der Waals surface area contributed by atoms with Crippen LogP contribution in [0.3, 0.4) is 0 Å². The molecule has 0 radical (unpaired) electrons. The van der Waals surface area contributed by atoms with Crippen LogP contribution in [0.2, 0.25) is 0 Å². The van der Waals surface area contributed by atoms with Crippen LogP contribution in [0.15, 0.2) is 78.9 Å². The van der Waals surface area contributed by atoms with Crippen LogP contribution in [0.1, 0.15) is 17.2 Å². The van der Waals surface area contributed by atoms with Gasteiger partial charge in [0.2, 0.25) is 5.91 Å². The molecule has 2 aliphatic rings. The number of rotatable bonds is 3. The van der Waals surface area contributed by atoms with E-state index in [1.807, 2.05) is 49.4 Å². The summed E-state index contributed by atoms with van der Waals surface area (Å²) in [4.78, 5) is 34.1. The maximum absolute atomic E-state index is 13.5. The van der Waals surface area contributed by atoms with Gasteiger partial charge in [-0.2, -0.15) is 0 Å².